The lowest BCUT2D eigenvalue weighted by Crippen LogP contribution is -2.72. The monoisotopic (exact) mass is 687 g/mol. The first kappa shape index (κ1) is 33.0. The highest BCUT2D eigenvalue weighted by Crippen LogP contribution is 2.52. The van der Waals surface area contributed by atoms with Crippen LogP contribution in [-0.2, 0) is 25.6 Å². The molecule has 2 aliphatic rings. The number of phenols is 1. The molecule has 0 radical (unpaired) electrons. The summed E-state index contributed by atoms with van der Waals surface area (Å²) in [6.45, 7) is 3.30. The van der Waals surface area contributed by atoms with Gasteiger partial charge in [0.1, 0.15) is 34.8 Å². The van der Waals surface area contributed by atoms with Crippen molar-refractivity contribution in [2.75, 3.05) is 5.32 Å². The van der Waals surface area contributed by atoms with Crippen LogP contribution in [0.3, 0.4) is 0 Å². The highest BCUT2D eigenvalue weighted by atomic mass is 32.2. The van der Waals surface area contributed by atoms with Crippen LogP contribution < -0.4 is 16.6 Å². The fourth-order valence-electron chi connectivity index (χ4n) is 5.85. The van der Waals surface area contributed by atoms with Gasteiger partial charge in [0.2, 0.25) is 5.91 Å². The number of rotatable bonds is 9. The molecule has 17 nitrogen and oxygen atoms in total. The number of tetrazole rings is 1. The molecular weight excluding hydrogens is 658 g/mol. The molecule has 4 amide bonds. The number of imide groups is 1. The summed E-state index contributed by atoms with van der Waals surface area (Å²) < 4.78 is -0.955. The third kappa shape index (κ3) is 6.14. The van der Waals surface area contributed by atoms with Crippen molar-refractivity contribution < 1.29 is 34.2 Å². The summed E-state index contributed by atoms with van der Waals surface area (Å²) in [5.41, 5.74) is 6.50. The number of nitrogens with one attached hydrogen (secondary N) is 3. The van der Waals surface area contributed by atoms with Crippen LogP contribution in [-0.4, -0.2) is 97.4 Å². The van der Waals surface area contributed by atoms with Gasteiger partial charge < -0.3 is 31.1 Å². The Bertz CT molecular complexity index is 2020. The molecule has 2 saturated heterocycles. The Kier molecular flexibility index (Phi) is 8.51. The van der Waals surface area contributed by atoms with Crippen molar-refractivity contribution in [3.05, 3.63) is 88.0 Å². The topological polar surface area (TPSA) is 258 Å². The number of β-lactam (4-membered cyclic amide) rings is 1. The van der Waals surface area contributed by atoms with Crippen LogP contribution in [0.4, 0.5) is 5.69 Å². The Morgan fingerprint density at radius 1 is 1.06 bits per heavy atom. The number of nitrogens with two attached hydrogens (primary N) is 1. The number of hydrogen-bond donors (Lipinski definition) is 6. The number of aromatic nitrogens is 5. The molecule has 252 valence electrons. The number of H-pyrrole nitrogens is 2. The van der Waals surface area contributed by atoms with Crippen molar-refractivity contribution in [2.24, 2.45) is 5.73 Å². The van der Waals surface area contributed by atoms with E-state index in [4.69, 9.17) is 5.73 Å². The Morgan fingerprint density at radius 3 is 2.37 bits per heavy atom. The molecule has 4 atom stereocenters. The van der Waals surface area contributed by atoms with Gasteiger partial charge in [0.25, 0.3) is 23.3 Å². The zero-order valence-electron chi connectivity index (χ0n) is 25.9. The number of nitrogens with zero attached hydrogens (tertiary/aromatic N) is 5. The lowest BCUT2D eigenvalue weighted by atomic mass is 9.94. The number of fused-ring (bicyclic) bond motifs is 1. The van der Waals surface area contributed by atoms with E-state index in [-0.39, 0.29) is 23.6 Å². The van der Waals surface area contributed by atoms with Crippen LogP contribution in [0.5, 0.6) is 5.75 Å². The maximum atomic E-state index is 14.1. The number of pyridine rings is 1. The van der Waals surface area contributed by atoms with Gasteiger partial charge in [-0.15, -0.1) is 16.9 Å². The average molecular weight is 688 g/mol. The first-order valence-corrected chi connectivity index (χ1v) is 15.7. The van der Waals surface area contributed by atoms with Gasteiger partial charge in [-0.2, -0.15) is 0 Å². The van der Waals surface area contributed by atoms with Crippen molar-refractivity contribution in [1.29, 1.82) is 0 Å². The summed E-state index contributed by atoms with van der Waals surface area (Å²) in [6, 6.07) is 10.4. The minimum Gasteiger partial charge on any atom is -0.508 e. The van der Waals surface area contributed by atoms with Crippen LogP contribution in [0.15, 0.2) is 65.5 Å². The molecule has 1 unspecified atom stereocenters. The minimum absolute atomic E-state index is 0.0707. The maximum absolute atomic E-state index is 14.1. The van der Waals surface area contributed by atoms with Crippen LogP contribution >= 0.6 is 11.8 Å². The number of aliphatic carboxylic acids is 1. The molecule has 0 spiro atoms. The molecule has 4 heterocycles. The summed E-state index contributed by atoms with van der Waals surface area (Å²) in [5, 5.41) is 34.3. The Hall–Kier alpha value is -5.88. The standard InChI is InChI=1S/C31H29N9O8S/c1-31(2)24(30(47)48)40-28(46)23(29(40)49-31)39(27(45)22(32)15-5-9-17(41)10-6-15)26(44)18-11-12-19(34-25(18)43)14-3-7-16(8-4-14)33-21(42)13-20-35-37-38-36-20/h3-12,22-24,29,41H,13,32H2,1-2H3,(H,33,42)(H,34,43)(H,47,48)(H,35,36,37,38)/t22?,23-,24+,29-/m1/s1. The summed E-state index contributed by atoms with van der Waals surface area (Å²) in [4.78, 5) is 83.7. The largest absolute Gasteiger partial charge is 0.508 e. The average Bonchev–Trinajstić information content (AvgIpc) is 3.66. The normalized spacial score (nSPS) is 19.8. The highest BCUT2D eigenvalue weighted by Gasteiger charge is 2.66. The summed E-state index contributed by atoms with van der Waals surface area (Å²) in [6.07, 6.45) is -0.0707. The van der Waals surface area contributed by atoms with Crippen molar-refractivity contribution in [1.82, 2.24) is 35.4 Å². The number of carbonyl (C=O) groups is 5. The van der Waals surface area contributed by atoms with Gasteiger partial charge >= 0.3 is 5.97 Å². The van der Waals surface area contributed by atoms with Gasteiger partial charge in [-0.1, -0.05) is 24.3 Å². The maximum Gasteiger partial charge on any atom is 0.327 e. The van der Waals surface area contributed by atoms with Crippen LogP contribution in [0.25, 0.3) is 11.3 Å². The van der Waals surface area contributed by atoms with E-state index < -0.39 is 63.1 Å². The van der Waals surface area contributed by atoms with E-state index in [1.165, 1.54) is 36.4 Å². The number of phenolic OH excluding ortho intramolecular Hbond substituents is 1. The molecule has 18 heteroatoms. The Morgan fingerprint density at radius 2 is 1.76 bits per heavy atom. The van der Waals surface area contributed by atoms with E-state index in [2.05, 4.69) is 30.9 Å². The minimum atomic E-state index is -1.47. The second-order valence-electron chi connectivity index (χ2n) is 11.9. The molecule has 0 saturated carbocycles. The number of carboxylic acid groups (broad SMARTS) is 1. The lowest BCUT2D eigenvalue weighted by molar-refractivity contribution is -0.166. The van der Waals surface area contributed by atoms with Gasteiger partial charge in [-0.25, -0.2) is 9.89 Å². The van der Waals surface area contributed by atoms with Gasteiger partial charge in [-0.05, 0) is 71.8 Å². The third-order valence-corrected chi connectivity index (χ3v) is 9.79. The van der Waals surface area contributed by atoms with Crippen LogP contribution in [0, 0.1) is 0 Å². The van der Waals surface area contributed by atoms with Gasteiger partial charge in [0.15, 0.2) is 5.82 Å². The quantitative estimate of drug-likeness (QED) is 0.132. The SMILES string of the molecule is CC1(C)S[C@@H]2[C@H](N(C(=O)c3ccc(-c4ccc(NC(=O)Cc5nnn[nH]5)cc4)[nH]c3=O)C(=O)C(N)c3ccc(O)cc3)C(=O)N2[C@H]1C(=O)O. The fourth-order valence-corrected chi connectivity index (χ4v) is 7.52. The predicted molar refractivity (Wildman–Crippen MR) is 173 cm³/mol. The van der Waals surface area contributed by atoms with E-state index in [1.807, 2.05) is 0 Å². The number of hydrogen-bond acceptors (Lipinski definition) is 12. The van der Waals surface area contributed by atoms with Crippen molar-refractivity contribution in [2.45, 2.75) is 48.5 Å². The number of aromatic amines is 2. The molecule has 7 N–H and O–H groups in total. The molecule has 6 rings (SSSR count). The molecule has 49 heavy (non-hydrogen) atoms. The van der Waals surface area contributed by atoms with E-state index in [0.29, 0.717) is 27.7 Å². The molecule has 0 bridgehead atoms. The molecule has 2 fully saturated rings. The van der Waals surface area contributed by atoms with Gasteiger partial charge in [0, 0.05) is 16.1 Å². The van der Waals surface area contributed by atoms with Crippen molar-refractivity contribution in [3.8, 4) is 17.0 Å². The van der Waals surface area contributed by atoms with Crippen LogP contribution in [0.1, 0.15) is 41.6 Å². The second kappa shape index (κ2) is 12.6. The van der Waals surface area contributed by atoms with Crippen molar-refractivity contribution >= 4 is 47.0 Å². The zero-order valence-corrected chi connectivity index (χ0v) is 26.7. The number of aromatic hydroxyl groups is 1. The van der Waals surface area contributed by atoms with Crippen molar-refractivity contribution in [3.63, 3.8) is 0 Å². The van der Waals surface area contributed by atoms with E-state index in [0.717, 1.165) is 16.7 Å². The van der Waals surface area contributed by atoms with Gasteiger partial charge in [-0.3, -0.25) is 28.9 Å². The van der Waals surface area contributed by atoms with E-state index >= 15 is 0 Å². The number of amides is 4. The number of carboxylic acids is 1. The molecule has 2 aliphatic heterocycles. The zero-order chi connectivity index (χ0) is 35.2. The number of benzene rings is 2. The molecule has 4 aromatic rings. The number of thioether (sulfide) groups is 1. The van der Waals surface area contributed by atoms with Gasteiger partial charge in [0.05, 0.1) is 6.42 Å². The van der Waals surface area contributed by atoms with E-state index in [1.54, 1.807) is 38.1 Å². The van der Waals surface area contributed by atoms with Crippen LogP contribution in [0.2, 0.25) is 0 Å². The lowest BCUT2D eigenvalue weighted by Gasteiger charge is -2.47. The first-order chi connectivity index (χ1) is 23.3. The molecule has 0 aliphatic carbocycles. The predicted octanol–water partition coefficient (Wildman–Crippen LogP) is 0.626. The Labute approximate surface area is 280 Å². The molecular formula is C31H29N9O8S. The third-order valence-electron chi connectivity index (χ3n) is 8.24. The Balaban J connectivity index is 1.27. The summed E-state index contributed by atoms with van der Waals surface area (Å²) in [7, 11) is 0. The smallest absolute Gasteiger partial charge is 0.327 e. The summed E-state index contributed by atoms with van der Waals surface area (Å²) in [5.74, 6) is -4.25. The first-order valence-electron chi connectivity index (χ1n) is 14.8. The molecule has 2 aromatic heterocycles. The fraction of sp³-hybridized carbons (Fsp3) is 0.258. The molecule has 2 aromatic carbocycles. The summed E-state index contributed by atoms with van der Waals surface area (Å²) >= 11 is 1.12. The number of carbonyl (C=O) groups excluding carboxylic acids is 4. The number of anilines is 1. The second-order valence-corrected chi connectivity index (χ2v) is 13.7. The van der Waals surface area contributed by atoms with E-state index in [9.17, 15) is 39.0 Å². The highest BCUT2D eigenvalue weighted by molar-refractivity contribution is 8.01.